The van der Waals surface area contributed by atoms with Gasteiger partial charge in [-0.15, -0.1) is 4.83 Å². The summed E-state index contributed by atoms with van der Waals surface area (Å²) in [7, 11) is -3.83. The van der Waals surface area contributed by atoms with Crippen LogP contribution >= 0.6 is 0 Å². The third-order valence-electron chi connectivity index (χ3n) is 3.36. The number of amides is 1. The van der Waals surface area contributed by atoms with Crippen LogP contribution in [-0.4, -0.2) is 27.0 Å². The first-order chi connectivity index (χ1) is 12.0. The number of para-hydroxylation sites is 2. The molecule has 8 heteroatoms. The summed E-state index contributed by atoms with van der Waals surface area (Å²) in [5.41, 5.74) is 2.85. The van der Waals surface area contributed by atoms with Crippen molar-refractivity contribution in [1.29, 1.82) is 0 Å². The minimum absolute atomic E-state index is 0.00950. The maximum atomic E-state index is 12.1. The van der Waals surface area contributed by atoms with Crippen LogP contribution in [0.1, 0.15) is 5.56 Å². The van der Waals surface area contributed by atoms with Crippen molar-refractivity contribution in [3.8, 4) is 11.5 Å². The average Bonchev–Trinajstić information content (AvgIpc) is 2.65. The lowest BCUT2D eigenvalue weighted by atomic mass is 10.2. The van der Waals surface area contributed by atoms with Crippen LogP contribution < -0.4 is 19.7 Å². The molecule has 130 valence electrons. The standard InChI is InChI=1S/C17H16N2O5S/c20-17(16-12-23-14-8-4-5-9-15(14)24-16)18-19-25(21,22)11-10-13-6-2-1-3-7-13/h1-11,16,19H,12H2,(H,18,20)/b11-10+/t16-/m1/s1. The van der Waals surface area contributed by atoms with E-state index in [1.54, 1.807) is 48.5 Å². The van der Waals surface area contributed by atoms with Crippen molar-refractivity contribution in [3.63, 3.8) is 0 Å². The molecule has 25 heavy (non-hydrogen) atoms. The van der Waals surface area contributed by atoms with Gasteiger partial charge in [-0.2, -0.15) is 0 Å². The Morgan fingerprint density at radius 1 is 1.04 bits per heavy atom. The smallest absolute Gasteiger partial charge is 0.279 e. The number of hydrogen-bond acceptors (Lipinski definition) is 5. The molecule has 1 heterocycles. The molecule has 0 aromatic heterocycles. The summed E-state index contributed by atoms with van der Waals surface area (Å²) in [4.78, 5) is 14.1. The summed E-state index contributed by atoms with van der Waals surface area (Å²) in [6.07, 6.45) is 0.473. The van der Waals surface area contributed by atoms with Crippen molar-refractivity contribution in [2.45, 2.75) is 6.10 Å². The monoisotopic (exact) mass is 360 g/mol. The van der Waals surface area contributed by atoms with E-state index in [1.165, 1.54) is 6.08 Å². The van der Waals surface area contributed by atoms with Crippen LogP contribution in [0.5, 0.6) is 11.5 Å². The largest absolute Gasteiger partial charge is 0.485 e. The number of ether oxygens (including phenoxy) is 2. The Bertz CT molecular complexity index is 881. The first kappa shape index (κ1) is 17.0. The number of hydrogen-bond donors (Lipinski definition) is 2. The summed E-state index contributed by atoms with van der Waals surface area (Å²) in [5.74, 6) is 0.324. The van der Waals surface area contributed by atoms with E-state index in [-0.39, 0.29) is 6.61 Å². The van der Waals surface area contributed by atoms with Crippen LogP contribution in [-0.2, 0) is 14.8 Å². The number of rotatable bonds is 5. The van der Waals surface area contributed by atoms with Gasteiger partial charge >= 0.3 is 0 Å². The number of fused-ring (bicyclic) bond motifs is 1. The molecule has 0 spiro atoms. The maximum Gasteiger partial charge on any atom is 0.279 e. The van der Waals surface area contributed by atoms with Crippen LogP contribution in [0.15, 0.2) is 60.0 Å². The quantitative estimate of drug-likeness (QED) is 0.787. The summed E-state index contributed by atoms with van der Waals surface area (Å²) < 4.78 is 34.7. The molecule has 2 N–H and O–H groups in total. The second-order valence-corrected chi connectivity index (χ2v) is 6.78. The summed E-state index contributed by atoms with van der Waals surface area (Å²) in [5, 5.41) is 0.968. The highest BCUT2D eigenvalue weighted by atomic mass is 32.2. The highest BCUT2D eigenvalue weighted by Gasteiger charge is 2.27. The van der Waals surface area contributed by atoms with Gasteiger partial charge in [0.1, 0.15) is 6.61 Å². The molecule has 1 aliphatic rings. The van der Waals surface area contributed by atoms with E-state index in [9.17, 15) is 13.2 Å². The lowest BCUT2D eigenvalue weighted by molar-refractivity contribution is -0.130. The molecule has 2 aromatic rings. The Balaban J connectivity index is 1.56. The van der Waals surface area contributed by atoms with Gasteiger partial charge in [-0.25, -0.2) is 8.42 Å². The van der Waals surface area contributed by atoms with Crippen LogP contribution in [0, 0.1) is 0 Å². The van der Waals surface area contributed by atoms with E-state index in [0.29, 0.717) is 11.5 Å². The lowest BCUT2D eigenvalue weighted by Crippen LogP contribution is -2.50. The van der Waals surface area contributed by atoms with Gasteiger partial charge in [0.15, 0.2) is 11.5 Å². The van der Waals surface area contributed by atoms with Gasteiger partial charge in [-0.1, -0.05) is 42.5 Å². The van der Waals surface area contributed by atoms with E-state index >= 15 is 0 Å². The first-order valence-electron chi connectivity index (χ1n) is 7.47. The van der Waals surface area contributed by atoms with Crippen LogP contribution in [0.25, 0.3) is 6.08 Å². The topological polar surface area (TPSA) is 93.7 Å². The zero-order valence-electron chi connectivity index (χ0n) is 13.1. The van der Waals surface area contributed by atoms with Crippen molar-refractivity contribution in [3.05, 3.63) is 65.6 Å². The number of nitrogens with one attached hydrogen (secondary N) is 2. The predicted molar refractivity (Wildman–Crippen MR) is 92.0 cm³/mol. The fraction of sp³-hybridized carbons (Fsp3) is 0.118. The van der Waals surface area contributed by atoms with Gasteiger partial charge in [0, 0.05) is 5.41 Å². The van der Waals surface area contributed by atoms with Gasteiger partial charge < -0.3 is 9.47 Å². The van der Waals surface area contributed by atoms with Crippen LogP contribution in [0.4, 0.5) is 0 Å². The molecule has 3 rings (SSSR count). The second kappa shape index (κ2) is 7.37. The van der Waals surface area contributed by atoms with Crippen molar-refractivity contribution in [2.24, 2.45) is 0 Å². The molecule has 0 saturated heterocycles. The molecule has 0 radical (unpaired) electrons. The van der Waals surface area contributed by atoms with Gasteiger partial charge in [0.05, 0.1) is 0 Å². The van der Waals surface area contributed by atoms with Gasteiger partial charge in [-0.3, -0.25) is 10.2 Å². The molecule has 1 amide bonds. The third kappa shape index (κ3) is 4.59. The molecule has 0 fully saturated rings. The SMILES string of the molecule is O=C(NNS(=O)(=O)/C=C/c1ccccc1)[C@H]1COc2ccccc2O1. The molecule has 0 unspecified atom stereocenters. The Kier molecular flexibility index (Phi) is 5.01. The Morgan fingerprint density at radius 3 is 2.48 bits per heavy atom. The average molecular weight is 360 g/mol. The minimum atomic E-state index is -3.83. The Labute approximate surface area is 145 Å². The number of hydrazine groups is 1. The van der Waals surface area contributed by atoms with E-state index in [2.05, 4.69) is 5.43 Å². The maximum absolute atomic E-state index is 12.1. The van der Waals surface area contributed by atoms with E-state index < -0.39 is 22.0 Å². The van der Waals surface area contributed by atoms with Crippen molar-refractivity contribution in [1.82, 2.24) is 10.3 Å². The first-order valence-corrected chi connectivity index (χ1v) is 9.01. The van der Waals surface area contributed by atoms with Gasteiger partial charge in [0.2, 0.25) is 6.10 Å². The predicted octanol–water partition coefficient (Wildman–Crippen LogP) is 1.45. The van der Waals surface area contributed by atoms with Crippen molar-refractivity contribution < 1.29 is 22.7 Å². The van der Waals surface area contributed by atoms with Crippen molar-refractivity contribution >= 4 is 22.0 Å². The molecule has 1 atom stereocenters. The number of benzene rings is 2. The fourth-order valence-corrected chi connectivity index (χ4v) is 2.76. The lowest BCUT2D eigenvalue weighted by Gasteiger charge is -2.25. The van der Waals surface area contributed by atoms with E-state index in [4.69, 9.17) is 9.47 Å². The summed E-state index contributed by atoms with van der Waals surface area (Å²) >= 11 is 0. The number of carbonyl (C=O) groups is 1. The molecule has 2 aromatic carbocycles. The number of carbonyl (C=O) groups excluding carboxylic acids is 1. The zero-order valence-corrected chi connectivity index (χ0v) is 13.9. The second-order valence-electron chi connectivity index (χ2n) is 5.21. The third-order valence-corrected chi connectivity index (χ3v) is 4.24. The molecule has 0 saturated carbocycles. The van der Waals surface area contributed by atoms with E-state index in [0.717, 1.165) is 11.0 Å². The highest BCUT2D eigenvalue weighted by Crippen LogP contribution is 2.30. The normalized spacial score (nSPS) is 16.6. The van der Waals surface area contributed by atoms with Crippen LogP contribution in [0.3, 0.4) is 0 Å². The molecule has 7 nitrogen and oxygen atoms in total. The fourth-order valence-electron chi connectivity index (χ4n) is 2.12. The zero-order chi connectivity index (χ0) is 17.7. The molecular weight excluding hydrogens is 344 g/mol. The Morgan fingerprint density at radius 2 is 1.72 bits per heavy atom. The van der Waals surface area contributed by atoms with Crippen molar-refractivity contribution in [2.75, 3.05) is 6.61 Å². The molecule has 0 aliphatic carbocycles. The molecule has 0 bridgehead atoms. The summed E-state index contributed by atoms with van der Waals surface area (Å²) in [6.45, 7) is -0.00950. The van der Waals surface area contributed by atoms with Gasteiger partial charge in [0.25, 0.3) is 15.9 Å². The number of sulfonamides is 1. The molecule has 1 aliphatic heterocycles. The van der Waals surface area contributed by atoms with Gasteiger partial charge in [-0.05, 0) is 23.8 Å². The van der Waals surface area contributed by atoms with Crippen LogP contribution in [0.2, 0.25) is 0 Å². The molecular formula is C17H16N2O5S. The minimum Gasteiger partial charge on any atom is -0.485 e. The summed E-state index contributed by atoms with van der Waals surface area (Å²) in [6, 6.07) is 15.9. The highest BCUT2D eigenvalue weighted by molar-refractivity contribution is 7.92. The van der Waals surface area contributed by atoms with E-state index in [1.807, 2.05) is 10.9 Å². The Hall–Kier alpha value is -2.84.